The molecule has 12 nitrogen and oxygen atoms in total. The first kappa shape index (κ1) is 36.1. The minimum atomic E-state index is -5.23. The van der Waals surface area contributed by atoms with Crippen LogP contribution in [0.2, 0.25) is 0 Å². The normalized spacial score (nSPS) is 27.9. The van der Waals surface area contributed by atoms with Crippen LogP contribution in [0.25, 0.3) is 0 Å². The zero-order valence-electron chi connectivity index (χ0n) is 22.9. The summed E-state index contributed by atoms with van der Waals surface area (Å²) in [6.45, 7) is 0.860. The highest BCUT2D eigenvalue weighted by molar-refractivity contribution is 7.45. The summed E-state index contributed by atoms with van der Waals surface area (Å²) in [4.78, 5) is 23.8. The number of aliphatic hydroxyl groups excluding tert-OH is 6. The number of esters is 1. The molecule has 0 saturated heterocycles. The monoisotopic (exact) mass is 583 g/mol. The van der Waals surface area contributed by atoms with Crippen molar-refractivity contribution in [2.24, 2.45) is 0 Å². The molecule has 0 aromatic heterocycles. The minimum Gasteiger partial charge on any atom is -0.756 e. The summed E-state index contributed by atoms with van der Waals surface area (Å²) in [5.41, 5.74) is 0. The van der Waals surface area contributed by atoms with Gasteiger partial charge in [-0.05, 0) is 32.1 Å². The number of phosphoric acid groups is 1. The molecule has 39 heavy (non-hydrogen) atoms. The maximum atomic E-state index is 12.0. The topological polar surface area (TPSA) is 206 Å². The Labute approximate surface area is 231 Å². The van der Waals surface area contributed by atoms with E-state index in [0.717, 1.165) is 44.9 Å². The van der Waals surface area contributed by atoms with E-state index < -0.39 is 69.7 Å². The molecule has 1 aliphatic carbocycles. The second-order valence-electron chi connectivity index (χ2n) is 10.1. The van der Waals surface area contributed by atoms with E-state index >= 15 is 0 Å². The van der Waals surface area contributed by atoms with Crippen molar-refractivity contribution in [3.05, 3.63) is 12.2 Å². The van der Waals surface area contributed by atoms with Crippen LogP contribution in [0.5, 0.6) is 0 Å². The lowest BCUT2D eigenvalue weighted by atomic mass is 9.85. The van der Waals surface area contributed by atoms with Crippen molar-refractivity contribution in [3.8, 4) is 0 Å². The van der Waals surface area contributed by atoms with Crippen molar-refractivity contribution in [1.82, 2.24) is 0 Å². The number of allylic oxidation sites excluding steroid dienone is 2. The van der Waals surface area contributed by atoms with E-state index in [1.54, 1.807) is 0 Å². The lowest BCUT2D eigenvalue weighted by Gasteiger charge is -2.43. The highest BCUT2D eigenvalue weighted by Crippen LogP contribution is 2.43. The fourth-order valence-electron chi connectivity index (χ4n) is 4.15. The van der Waals surface area contributed by atoms with Gasteiger partial charge in [0, 0.05) is 6.42 Å². The van der Waals surface area contributed by atoms with E-state index in [4.69, 9.17) is 4.74 Å². The van der Waals surface area contributed by atoms with Crippen LogP contribution >= 0.6 is 7.82 Å². The van der Waals surface area contributed by atoms with E-state index in [9.17, 15) is 44.9 Å². The van der Waals surface area contributed by atoms with Crippen LogP contribution in [-0.2, 0) is 23.1 Å². The standard InChI is InChI=1S/C26H49O12P/c1-2-3-4-5-6-7-8-9-10-11-12-13-14-15-16-20(28)36-17-19(27)18-37-39(34,35)38-26-24(32)22(30)21(29)23(31)25(26)33/h7-8,19,21-27,29-33H,2-6,9-18H2,1H3,(H,34,35)/p-1/b8-7-/t19-,21?,22-,23+,24-,25-,26?/m1/s1. The van der Waals surface area contributed by atoms with Gasteiger partial charge >= 0.3 is 5.97 Å². The first-order valence-electron chi connectivity index (χ1n) is 14.0. The van der Waals surface area contributed by atoms with Gasteiger partial charge in [0.2, 0.25) is 0 Å². The molecule has 0 amide bonds. The second-order valence-corrected chi connectivity index (χ2v) is 11.4. The Hall–Kier alpha value is -0.920. The van der Waals surface area contributed by atoms with Gasteiger partial charge in [-0.2, -0.15) is 0 Å². The Bertz CT molecular complexity index is 720. The van der Waals surface area contributed by atoms with Gasteiger partial charge in [-0.3, -0.25) is 9.36 Å². The molecule has 3 unspecified atom stereocenters. The molecule has 1 rings (SSSR count). The van der Waals surface area contributed by atoms with Gasteiger partial charge in [0.1, 0.15) is 49.3 Å². The molecule has 230 valence electrons. The third-order valence-electron chi connectivity index (χ3n) is 6.58. The molecule has 6 N–H and O–H groups in total. The average molecular weight is 584 g/mol. The van der Waals surface area contributed by atoms with Crippen LogP contribution < -0.4 is 4.89 Å². The molecule has 0 aliphatic heterocycles. The highest BCUT2D eigenvalue weighted by atomic mass is 31.2. The van der Waals surface area contributed by atoms with Crippen molar-refractivity contribution in [2.75, 3.05) is 13.2 Å². The van der Waals surface area contributed by atoms with Gasteiger partial charge < -0.3 is 49.3 Å². The number of ether oxygens (including phenoxy) is 1. The van der Waals surface area contributed by atoms with Gasteiger partial charge in [0.25, 0.3) is 7.82 Å². The van der Waals surface area contributed by atoms with Crippen LogP contribution in [-0.4, -0.2) is 92.5 Å². The predicted octanol–water partition coefficient (Wildman–Crippen LogP) is 1.23. The summed E-state index contributed by atoms with van der Waals surface area (Å²) in [6.07, 6.45) is 4.57. The van der Waals surface area contributed by atoms with Crippen LogP contribution in [0.1, 0.15) is 90.4 Å². The molecule has 0 spiro atoms. The molecule has 0 bridgehead atoms. The van der Waals surface area contributed by atoms with Crippen LogP contribution in [0.3, 0.4) is 0 Å². The maximum Gasteiger partial charge on any atom is 0.305 e. The second kappa shape index (κ2) is 20.0. The third-order valence-corrected chi connectivity index (χ3v) is 7.55. The SMILES string of the molecule is CCCCCC/C=C\CCCCCCCCC(=O)OC[C@@H](O)COP(=O)([O-])OC1[C@H](O)[C@H](O)C(O)[C@H](O)[C@H]1O. The van der Waals surface area contributed by atoms with E-state index in [1.165, 1.54) is 25.7 Å². The molecular weight excluding hydrogens is 535 g/mol. The number of aliphatic hydroxyl groups is 6. The van der Waals surface area contributed by atoms with E-state index in [1.807, 2.05) is 0 Å². The largest absolute Gasteiger partial charge is 0.756 e. The van der Waals surface area contributed by atoms with Crippen molar-refractivity contribution in [1.29, 1.82) is 0 Å². The van der Waals surface area contributed by atoms with Gasteiger partial charge in [0.05, 0.1) is 6.61 Å². The summed E-state index contributed by atoms with van der Waals surface area (Å²) in [7, 11) is -5.23. The number of hydrogen-bond acceptors (Lipinski definition) is 12. The first-order valence-corrected chi connectivity index (χ1v) is 15.5. The average Bonchev–Trinajstić information content (AvgIpc) is 2.91. The summed E-state index contributed by atoms with van der Waals surface area (Å²) < 4.78 is 25.9. The number of unbranched alkanes of at least 4 members (excludes halogenated alkanes) is 10. The van der Waals surface area contributed by atoms with Crippen molar-refractivity contribution < 1.29 is 58.7 Å². The molecule has 0 radical (unpaired) electrons. The summed E-state index contributed by atoms with van der Waals surface area (Å²) >= 11 is 0. The molecule has 0 aromatic rings. The van der Waals surface area contributed by atoms with Gasteiger partial charge in [-0.25, -0.2) is 0 Å². The van der Waals surface area contributed by atoms with Gasteiger partial charge in [-0.1, -0.05) is 64.0 Å². The number of hydrogen-bond donors (Lipinski definition) is 6. The quantitative estimate of drug-likeness (QED) is 0.0488. The summed E-state index contributed by atoms with van der Waals surface area (Å²) in [5.74, 6) is -0.533. The Morgan fingerprint density at radius 3 is 1.85 bits per heavy atom. The van der Waals surface area contributed by atoms with Crippen LogP contribution in [0, 0.1) is 0 Å². The molecule has 8 atom stereocenters. The van der Waals surface area contributed by atoms with Crippen molar-refractivity contribution >= 4 is 13.8 Å². The van der Waals surface area contributed by atoms with Crippen LogP contribution in [0.15, 0.2) is 12.2 Å². The predicted molar refractivity (Wildman–Crippen MR) is 140 cm³/mol. The summed E-state index contributed by atoms with van der Waals surface area (Å²) in [5, 5.41) is 58.4. The molecular formula is C26H48O12P-. The lowest BCUT2D eigenvalue weighted by Crippen LogP contribution is -2.64. The van der Waals surface area contributed by atoms with Gasteiger partial charge in [0.15, 0.2) is 0 Å². The number of carbonyl (C=O) groups excluding carboxylic acids is 1. The van der Waals surface area contributed by atoms with Gasteiger partial charge in [-0.15, -0.1) is 0 Å². The molecule has 1 aliphatic rings. The number of phosphoric ester groups is 1. The van der Waals surface area contributed by atoms with E-state index in [2.05, 4.69) is 28.1 Å². The Morgan fingerprint density at radius 2 is 1.28 bits per heavy atom. The highest BCUT2D eigenvalue weighted by Gasteiger charge is 2.50. The Morgan fingerprint density at radius 1 is 0.795 bits per heavy atom. The van der Waals surface area contributed by atoms with E-state index in [-0.39, 0.29) is 6.42 Å². The van der Waals surface area contributed by atoms with E-state index in [0.29, 0.717) is 6.42 Å². The number of carbonyl (C=O) groups is 1. The number of rotatable bonds is 21. The van der Waals surface area contributed by atoms with Crippen molar-refractivity contribution in [2.45, 2.75) is 133 Å². The minimum absolute atomic E-state index is 0.172. The van der Waals surface area contributed by atoms with Crippen LogP contribution in [0.4, 0.5) is 0 Å². The molecule has 13 heteroatoms. The molecule has 1 saturated carbocycles. The smallest absolute Gasteiger partial charge is 0.305 e. The van der Waals surface area contributed by atoms with Crippen molar-refractivity contribution in [3.63, 3.8) is 0 Å². The Balaban J connectivity index is 2.11. The zero-order valence-corrected chi connectivity index (χ0v) is 23.8. The summed E-state index contributed by atoms with van der Waals surface area (Å²) in [6, 6.07) is 0. The third kappa shape index (κ3) is 15.0. The molecule has 0 heterocycles. The molecule has 1 fully saturated rings. The zero-order chi connectivity index (χ0) is 29.3. The molecule has 0 aromatic carbocycles. The first-order chi connectivity index (χ1) is 18.5. The fraction of sp³-hybridized carbons (Fsp3) is 0.885. The maximum absolute atomic E-state index is 12.0. The lowest BCUT2D eigenvalue weighted by molar-refractivity contribution is -0.261. The fourth-order valence-corrected chi connectivity index (χ4v) is 5.11. The Kier molecular flexibility index (Phi) is 18.6.